The van der Waals surface area contributed by atoms with Gasteiger partial charge in [-0.05, 0) is 31.9 Å². The Hall–Kier alpha value is -1.55. The lowest BCUT2D eigenvalue weighted by Crippen LogP contribution is -2.41. The molecule has 0 spiro atoms. The third kappa shape index (κ3) is 3.47. The number of rotatable bonds is 7. The Morgan fingerprint density at radius 2 is 1.89 bits per heavy atom. The molecule has 0 saturated carbocycles. The second-order valence-corrected chi connectivity index (χ2v) is 4.57. The summed E-state index contributed by atoms with van der Waals surface area (Å²) in [5, 5.41) is 2.95. The molecule has 0 atom stereocenters. The molecule has 1 rings (SSSR count). The Bertz CT molecular complexity index is 406. The number of benzene rings is 1. The zero-order valence-corrected chi connectivity index (χ0v) is 12.0. The van der Waals surface area contributed by atoms with Gasteiger partial charge in [-0.3, -0.25) is 4.79 Å². The van der Waals surface area contributed by atoms with Gasteiger partial charge >= 0.3 is 0 Å². The molecule has 0 fully saturated rings. The van der Waals surface area contributed by atoms with Gasteiger partial charge in [-0.2, -0.15) is 0 Å². The predicted molar refractivity (Wildman–Crippen MR) is 78.3 cm³/mol. The molecular weight excluding hydrogens is 240 g/mol. The summed E-state index contributed by atoms with van der Waals surface area (Å²) in [6, 6.07) is 7.45. The van der Waals surface area contributed by atoms with Gasteiger partial charge in [0.2, 0.25) is 5.91 Å². The van der Waals surface area contributed by atoms with Crippen molar-refractivity contribution in [3.05, 3.63) is 24.3 Å². The van der Waals surface area contributed by atoms with Gasteiger partial charge in [-0.25, -0.2) is 0 Å². The van der Waals surface area contributed by atoms with Gasteiger partial charge in [0.1, 0.15) is 5.75 Å². The average Bonchev–Trinajstić information content (AvgIpc) is 2.44. The van der Waals surface area contributed by atoms with Crippen LogP contribution in [0.1, 0.15) is 33.6 Å². The molecular formula is C15H24N2O2. The molecule has 0 radical (unpaired) electrons. The fourth-order valence-corrected chi connectivity index (χ4v) is 2.06. The number of amides is 1. The minimum absolute atomic E-state index is 0.0350. The van der Waals surface area contributed by atoms with E-state index in [1.807, 2.05) is 45.0 Å². The topological polar surface area (TPSA) is 64.3 Å². The van der Waals surface area contributed by atoms with Crippen molar-refractivity contribution in [1.29, 1.82) is 0 Å². The van der Waals surface area contributed by atoms with E-state index in [0.717, 1.165) is 12.8 Å². The number of nitrogens with one attached hydrogen (secondary N) is 1. The van der Waals surface area contributed by atoms with Crippen LogP contribution in [0.4, 0.5) is 5.69 Å². The highest BCUT2D eigenvalue weighted by molar-refractivity contribution is 5.96. The van der Waals surface area contributed by atoms with E-state index in [1.54, 1.807) is 0 Å². The summed E-state index contributed by atoms with van der Waals surface area (Å²) in [5.74, 6) is 0.656. The highest BCUT2D eigenvalue weighted by atomic mass is 16.5. The Morgan fingerprint density at radius 1 is 1.26 bits per heavy atom. The van der Waals surface area contributed by atoms with E-state index < -0.39 is 5.41 Å². The molecule has 1 aromatic carbocycles. The van der Waals surface area contributed by atoms with E-state index in [1.165, 1.54) is 0 Å². The second kappa shape index (κ2) is 7.14. The molecule has 0 aliphatic carbocycles. The Balaban J connectivity index is 2.92. The van der Waals surface area contributed by atoms with E-state index in [9.17, 15) is 4.79 Å². The second-order valence-electron chi connectivity index (χ2n) is 4.57. The van der Waals surface area contributed by atoms with Crippen LogP contribution in [0.25, 0.3) is 0 Å². The molecule has 0 unspecified atom stereocenters. The van der Waals surface area contributed by atoms with Crippen molar-refractivity contribution >= 4 is 11.6 Å². The van der Waals surface area contributed by atoms with Crippen molar-refractivity contribution in [2.75, 3.05) is 18.5 Å². The summed E-state index contributed by atoms with van der Waals surface area (Å²) >= 11 is 0. The largest absolute Gasteiger partial charge is 0.492 e. The van der Waals surface area contributed by atoms with Crippen LogP contribution in [0.15, 0.2) is 24.3 Å². The maximum absolute atomic E-state index is 12.4. The molecule has 0 saturated heterocycles. The Morgan fingerprint density at radius 3 is 2.42 bits per heavy atom. The molecule has 4 heteroatoms. The van der Waals surface area contributed by atoms with Crippen LogP contribution in [-0.2, 0) is 4.79 Å². The molecule has 0 aliphatic rings. The first kappa shape index (κ1) is 15.5. The molecule has 19 heavy (non-hydrogen) atoms. The normalized spacial score (nSPS) is 11.2. The molecule has 1 amide bonds. The van der Waals surface area contributed by atoms with Crippen molar-refractivity contribution in [3.63, 3.8) is 0 Å². The van der Waals surface area contributed by atoms with Crippen molar-refractivity contribution in [1.82, 2.24) is 0 Å². The molecule has 3 N–H and O–H groups in total. The van der Waals surface area contributed by atoms with Crippen LogP contribution in [0.2, 0.25) is 0 Å². The predicted octanol–water partition coefficient (Wildman–Crippen LogP) is 2.79. The van der Waals surface area contributed by atoms with Crippen LogP contribution in [0, 0.1) is 5.41 Å². The summed E-state index contributed by atoms with van der Waals surface area (Å²) in [7, 11) is 0. The minimum atomic E-state index is -0.501. The quantitative estimate of drug-likeness (QED) is 0.796. The number of para-hydroxylation sites is 2. The number of hydrogen-bond acceptors (Lipinski definition) is 3. The number of carbonyl (C=O) groups is 1. The number of nitrogens with two attached hydrogens (primary N) is 1. The first-order chi connectivity index (χ1) is 9.13. The number of hydrogen-bond donors (Lipinski definition) is 2. The van der Waals surface area contributed by atoms with Crippen LogP contribution in [-0.4, -0.2) is 19.1 Å². The zero-order valence-electron chi connectivity index (χ0n) is 12.0. The lowest BCUT2D eigenvalue weighted by atomic mass is 9.81. The SMILES string of the molecule is CCOc1ccccc1NC(=O)C(CC)(CC)CN. The van der Waals surface area contributed by atoms with Crippen molar-refractivity contribution in [3.8, 4) is 5.75 Å². The third-order valence-corrected chi connectivity index (χ3v) is 3.66. The van der Waals surface area contributed by atoms with Crippen LogP contribution < -0.4 is 15.8 Å². The highest BCUT2D eigenvalue weighted by Crippen LogP contribution is 2.30. The molecule has 0 heterocycles. The zero-order chi connectivity index (χ0) is 14.3. The van der Waals surface area contributed by atoms with Gasteiger partial charge in [-0.1, -0.05) is 26.0 Å². The summed E-state index contributed by atoms with van der Waals surface area (Å²) in [6.45, 7) is 6.81. The van der Waals surface area contributed by atoms with E-state index >= 15 is 0 Å². The average molecular weight is 264 g/mol. The summed E-state index contributed by atoms with van der Waals surface area (Å²) in [6.07, 6.45) is 1.45. The van der Waals surface area contributed by atoms with Crippen molar-refractivity contribution in [2.45, 2.75) is 33.6 Å². The first-order valence-corrected chi connectivity index (χ1v) is 6.86. The molecule has 4 nitrogen and oxygen atoms in total. The molecule has 0 bridgehead atoms. The van der Waals surface area contributed by atoms with Gasteiger partial charge in [0.15, 0.2) is 0 Å². The van der Waals surface area contributed by atoms with Gasteiger partial charge < -0.3 is 15.8 Å². The van der Waals surface area contributed by atoms with Crippen LogP contribution in [0.3, 0.4) is 0 Å². The standard InChI is InChI=1S/C15H24N2O2/c1-4-15(5-2,11-16)14(18)17-12-9-7-8-10-13(12)19-6-3/h7-10H,4-6,11,16H2,1-3H3,(H,17,18). The Kier molecular flexibility index (Phi) is 5.83. The van der Waals surface area contributed by atoms with Gasteiger partial charge in [0.25, 0.3) is 0 Å². The van der Waals surface area contributed by atoms with Crippen molar-refractivity contribution in [2.24, 2.45) is 11.1 Å². The van der Waals surface area contributed by atoms with E-state index in [4.69, 9.17) is 10.5 Å². The maximum Gasteiger partial charge on any atom is 0.231 e. The van der Waals surface area contributed by atoms with Gasteiger partial charge in [-0.15, -0.1) is 0 Å². The van der Waals surface area contributed by atoms with Crippen molar-refractivity contribution < 1.29 is 9.53 Å². The smallest absolute Gasteiger partial charge is 0.231 e. The van der Waals surface area contributed by atoms with E-state index in [0.29, 0.717) is 24.6 Å². The first-order valence-electron chi connectivity index (χ1n) is 6.86. The molecule has 0 aromatic heterocycles. The Labute approximate surface area is 115 Å². The maximum atomic E-state index is 12.4. The number of ether oxygens (including phenoxy) is 1. The van der Waals surface area contributed by atoms with Crippen LogP contribution >= 0.6 is 0 Å². The van der Waals surface area contributed by atoms with E-state index in [2.05, 4.69) is 5.32 Å². The third-order valence-electron chi connectivity index (χ3n) is 3.66. The molecule has 1 aromatic rings. The highest BCUT2D eigenvalue weighted by Gasteiger charge is 2.33. The summed E-state index contributed by atoms with van der Waals surface area (Å²) in [4.78, 5) is 12.4. The lowest BCUT2D eigenvalue weighted by Gasteiger charge is -2.28. The monoisotopic (exact) mass is 264 g/mol. The number of carbonyl (C=O) groups excluding carboxylic acids is 1. The van der Waals surface area contributed by atoms with Gasteiger partial charge in [0, 0.05) is 6.54 Å². The van der Waals surface area contributed by atoms with E-state index in [-0.39, 0.29) is 5.91 Å². The lowest BCUT2D eigenvalue weighted by molar-refractivity contribution is -0.125. The summed E-state index contributed by atoms with van der Waals surface area (Å²) in [5.41, 5.74) is 5.99. The summed E-state index contributed by atoms with van der Waals surface area (Å²) < 4.78 is 5.51. The van der Waals surface area contributed by atoms with Gasteiger partial charge in [0.05, 0.1) is 17.7 Å². The molecule has 106 valence electrons. The fraction of sp³-hybridized carbons (Fsp3) is 0.533. The molecule has 0 aliphatic heterocycles. The van der Waals surface area contributed by atoms with Crippen LogP contribution in [0.5, 0.6) is 5.75 Å². The number of anilines is 1. The fourth-order valence-electron chi connectivity index (χ4n) is 2.06. The minimum Gasteiger partial charge on any atom is -0.492 e.